The maximum Gasteiger partial charge on any atom is 0.407 e. The van der Waals surface area contributed by atoms with Gasteiger partial charge in [0.2, 0.25) is 5.91 Å². The predicted molar refractivity (Wildman–Crippen MR) is 60.2 cm³/mol. The lowest BCUT2D eigenvalue weighted by atomic mass is 10.1. The highest BCUT2D eigenvalue weighted by Gasteiger charge is 2.30. The first-order valence-corrected chi connectivity index (χ1v) is 5.79. The summed E-state index contributed by atoms with van der Waals surface area (Å²) in [7, 11) is 0. The fraction of sp³-hybridized carbons (Fsp3) is 0.818. The molecule has 1 atom stereocenters. The molecule has 0 bridgehead atoms. The van der Waals surface area contributed by atoms with Crippen LogP contribution in [0.15, 0.2) is 0 Å². The van der Waals surface area contributed by atoms with Gasteiger partial charge in [-0.1, -0.05) is 13.8 Å². The van der Waals surface area contributed by atoms with E-state index in [0.717, 1.165) is 12.8 Å². The molecule has 0 aromatic rings. The smallest absolute Gasteiger partial charge is 0.407 e. The average Bonchev–Trinajstić information content (AvgIpc) is 2.39. The second-order valence-electron chi connectivity index (χ2n) is 4.63. The summed E-state index contributed by atoms with van der Waals surface area (Å²) in [6, 6.07) is -0.512. The largest absolute Gasteiger partial charge is 0.465 e. The summed E-state index contributed by atoms with van der Waals surface area (Å²) >= 11 is 0. The van der Waals surface area contributed by atoms with E-state index in [1.807, 2.05) is 13.8 Å². The summed E-state index contributed by atoms with van der Waals surface area (Å²) in [5.74, 6) is 0.0766. The van der Waals surface area contributed by atoms with Crippen molar-refractivity contribution in [1.82, 2.24) is 10.2 Å². The molecule has 0 aromatic carbocycles. The Bertz CT molecular complexity index is 266. The van der Waals surface area contributed by atoms with Gasteiger partial charge in [0.15, 0.2) is 0 Å². The van der Waals surface area contributed by atoms with Crippen LogP contribution in [-0.4, -0.2) is 41.1 Å². The fourth-order valence-corrected chi connectivity index (χ4v) is 1.95. The van der Waals surface area contributed by atoms with Crippen LogP contribution in [0.4, 0.5) is 4.79 Å². The molecule has 0 spiro atoms. The van der Waals surface area contributed by atoms with Gasteiger partial charge in [0.1, 0.15) is 6.04 Å². The summed E-state index contributed by atoms with van der Waals surface area (Å²) < 4.78 is 0. The second-order valence-corrected chi connectivity index (χ2v) is 4.63. The Balaban J connectivity index is 2.74. The first kappa shape index (κ1) is 12.8. The van der Waals surface area contributed by atoms with Crippen molar-refractivity contribution in [2.24, 2.45) is 5.92 Å². The molecule has 0 aromatic heterocycles. The van der Waals surface area contributed by atoms with E-state index in [2.05, 4.69) is 5.32 Å². The topological polar surface area (TPSA) is 69.6 Å². The van der Waals surface area contributed by atoms with E-state index in [4.69, 9.17) is 5.11 Å². The molecule has 1 fully saturated rings. The van der Waals surface area contributed by atoms with Gasteiger partial charge in [0.05, 0.1) is 0 Å². The molecule has 2 amide bonds. The van der Waals surface area contributed by atoms with Crippen LogP contribution in [0.25, 0.3) is 0 Å². The van der Waals surface area contributed by atoms with E-state index in [-0.39, 0.29) is 11.8 Å². The first-order chi connectivity index (χ1) is 7.52. The number of amides is 2. The van der Waals surface area contributed by atoms with Gasteiger partial charge in [0.25, 0.3) is 0 Å². The Labute approximate surface area is 95.8 Å². The minimum absolute atomic E-state index is 0.152. The normalized spacial score (nSPS) is 21.4. The Morgan fingerprint density at radius 1 is 1.56 bits per heavy atom. The van der Waals surface area contributed by atoms with Crippen molar-refractivity contribution in [2.75, 3.05) is 13.1 Å². The second kappa shape index (κ2) is 5.72. The van der Waals surface area contributed by atoms with Crippen LogP contribution in [0.3, 0.4) is 0 Å². The molecule has 2 N–H and O–H groups in total. The standard InChI is InChI=1S/C11H20N2O3/c1-8(2)7-13(11(15)16)9-5-3-4-6-12-10(9)14/h8-9H,3-7H2,1-2H3,(H,12,14)(H,15,16)/t9-/m1/s1. The molecule has 0 unspecified atom stereocenters. The molecule has 1 saturated heterocycles. The molecular formula is C11H20N2O3. The molecule has 5 nitrogen and oxygen atoms in total. The van der Waals surface area contributed by atoms with Crippen molar-refractivity contribution < 1.29 is 14.7 Å². The van der Waals surface area contributed by atoms with Crippen LogP contribution in [0, 0.1) is 5.92 Å². The first-order valence-electron chi connectivity index (χ1n) is 5.79. The quantitative estimate of drug-likeness (QED) is 0.764. The van der Waals surface area contributed by atoms with E-state index in [1.54, 1.807) is 0 Å². The van der Waals surface area contributed by atoms with E-state index in [9.17, 15) is 9.59 Å². The summed E-state index contributed by atoms with van der Waals surface area (Å²) in [5.41, 5.74) is 0. The van der Waals surface area contributed by atoms with E-state index in [1.165, 1.54) is 4.90 Å². The number of nitrogens with zero attached hydrogens (tertiary/aromatic N) is 1. The van der Waals surface area contributed by atoms with Gasteiger partial charge in [-0.05, 0) is 25.2 Å². The van der Waals surface area contributed by atoms with Crippen LogP contribution in [0.2, 0.25) is 0 Å². The zero-order valence-corrected chi connectivity index (χ0v) is 9.90. The fourth-order valence-electron chi connectivity index (χ4n) is 1.95. The van der Waals surface area contributed by atoms with Crippen molar-refractivity contribution >= 4 is 12.0 Å². The van der Waals surface area contributed by atoms with Crippen LogP contribution in [0.5, 0.6) is 0 Å². The highest BCUT2D eigenvalue weighted by atomic mass is 16.4. The lowest BCUT2D eigenvalue weighted by molar-refractivity contribution is -0.125. The number of hydrogen-bond donors (Lipinski definition) is 2. The molecule has 0 radical (unpaired) electrons. The van der Waals surface area contributed by atoms with Crippen molar-refractivity contribution in [3.05, 3.63) is 0 Å². The molecule has 0 aliphatic carbocycles. The molecule has 16 heavy (non-hydrogen) atoms. The van der Waals surface area contributed by atoms with Gasteiger partial charge in [-0.25, -0.2) is 4.79 Å². The minimum Gasteiger partial charge on any atom is -0.465 e. The molecular weight excluding hydrogens is 208 g/mol. The number of carbonyl (C=O) groups is 2. The Morgan fingerprint density at radius 2 is 2.25 bits per heavy atom. The summed E-state index contributed by atoms with van der Waals surface area (Å²) in [6.45, 7) is 4.97. The summed E-state index contributed by atoms with van der Waals surface area (Å²) in [5, 5.41) is 11.9. The monoisotopic (exact) mass is 228 g/mol. The van der Waals surface area contributed by atoms with E-state index >= 15 is 0 Å². The van der Waals surface area contributed by atoms with Crippen molar-refractivity contribution in [3.8, 4) is 0 Å². The Kier molecular flexibility index (Phi) is 4.58. The lowest BCUT2D eigenvalue weighted by Gasteiger charge is -2.28. The Morgan fingerprint density at radius 3 is 2.81 bits per heavy atom. The van der Waals surface area contributed by atoms with E-state index < -0.39 is 12.1 Å². The number of rotatable bonds is 3. The van der Waals surface area contributed by atoms with Crippen molar-refractivity contribution in [2.45, 2.75) is 39.2 Å². The number of carboxylic acid groups (broad SMARTS) is 1. The minimum atomic E-state index is -1.00. The van der Waals surface area contributed by atoms with Gasteiger partial charge in [-0.3, -0.25) is 9.69 Å². The number of carbonyl (C=O) groups excluding carboxylic acids is 1. The maximum atomic E-state index is 11.7. The van der Waals surface area contributed by atoms with Crippen LogP contribution >= 0.6 is 0 Å². The maximum absolute atomic E-state index is 11.7. The number of hydrogen-bond acceptors (Lipinski definition) is 2. The summed E-state index contributed by atoms with van der Waals surface area (Å²) in [6.07, 6.45) is 1.45. The van der Waals surface area contributed by atoms with Crippen LogP contribution < -0.4 is 5.32 Å². The zero-order valence-electron chi connectivity index (χ0n) is 9.90. The molecule has 0 saturated carbocycles. The molecule has 5 heteroatoms. The SMILES string of the molecule is CC(C)CN(C(=O)O)[C@@H]1CCCCNC1=O. The van der Waals surface area contributed by atoms with Crippen molar-refractivity contribution in [3.63, 3.8) is 0 Å². The van der Waals surface area contributed by atoms with Gasteiger partial charge in [-0.2, -0.15) is 0 Å². The summed E-state index contributed by atoms with van der Waals surface area (Å²) in [4.78, 5) is 24.1. The Hall–Kier alpha value is -1.26. The predicted octanol–water partition coefficient (Wildman–Crippen LogP) is 1.29. The third-order valence-electron chi connectivity index (χ3n) is 2.69. The van der Waals surface area contributed by atoms with Gasteiger partial charge in [0, 0.05) is 13.1 Å². The molecule has 1 aliphatic heterocycles. The molecule has 92 valence electrons. The molecule has 1 aliphatic rings. The highest BCUT2D eigenvalue weighted by molar-refractivity contribution is 5.85. The highest BCUT2D eigenvalue weighted by Crippen LogP contribution is 2.14. The third-order valence-corrected chi connectivity index (χ3v) is 2.69. The zero-order chi connectivity index (χ0) is 12.1. The van der Waals surface area contributed by atoms with E-state index in [0.29, 0.717) is 19.5 Å². The third kappa shape index (κ3) is 3.40. The lowest BCUT2D eigenvalue weighted by Crippen LogP contribution is -2.49. The van der Waals surface area contributed by atoms with Gasteiger partial charge < -0.3 is 10.4 Å². The molecule has 1 heterocycles. The van der Waals surface area contributed by atoms with Gasteiger partial charge >= 0.3 is 6.09 Å². The van der Waals surface area contributed by atoms with Crippen molar-refractivity contribution in [1.29, 1.82) is 0 Å². The number of nitrogens with one attached hydrogen (secondary N) is 1. The van der Waals surface area contributed by atoms with Gasteiger partial charge in [-0.15, -0.1) is 0 Å². The van der Waals surface area contributed by atoms with Crippen LogP contribution in [0.1, 0.15) is 33.1 Å². The molecule has 1 rings (SSSR count). The van der Waals surface area contributed by atoms with Crippen LogP contribution in [-0.2, 0) is 4.79 Å². The average molecular weight is 228 g/mol.